The Morgan fingerprint density at radius 1 is 1.29 bits per heavy atom. The molecule has 2 atom stereocenters. The van der Waals surface area contributed by atoms with Crippen LogP contribution in [0.15, 0.2) is 0 Å². The van der Waals surface area contributed by atoms with Gasteiger partial charge in [0, 0.05) is 19.1 Å². The third-order valence-electron chi connectivity index (χ3n) is 3.50. The molecule has 0 spiro atoms. The van der Waals surface area contributed by atoms with E-state index in [0.29, 0.717) is 12.0 Å². The number of rotatable bonds is 0. The number of hydrogen-bond acceptors (Lipinski definition) is 3. The fourth-order valence-corrected chi connectivity index (χ4v) is 2.69. The van der Waals surface area contributed by atoms with E-state index in [4.69, 9.17) is 4.74 Å². The number of hydrogen-bond donors (Lipinski definition) is 1. The first-order valence-corrected chi connectivity index (χ1v) is 6.67. The minimum atomic E-state index is -0.394. The third-order valence-corrected chi connectivity index (χ3v) is 3.50. The summed E-state index contributed by atoms with van der Waals surface area (Å²) in [6, 6.07) is 0.477. The zero-order valence-corrected chi connectivity index (χ0v) is 11.2. The molecule has 0 aliphatic carbocycles. The second-order valence-corrected chi connectivity index (χ2v) is 6.20. The lowest BCUT2D eigenvalue weighted by atomic mass is 9.99. The van der Waals surface area contributed by atoms with Crippen LogP contribution < -0.4 is 5.32 Å². The van der Waals surface area contributed by atoms with E-state index < -0.39 is 5.60 Å². The van der Waals surface area contributed by atoms with Crippen LogP contribution in [0.2, 0.25) is 0 Å². The molecule has 0 unspecified atom stereocenters. The summed E-state index contributed by atoms with van der Waals surface area (Å²) >= 11 is 0. The van der Waals surface area contributed by atoms with E-state index in [-0.39, 0.29) is 6.09 Å². The van der Waals surface area contributed by atoms with Gasteiger partial charge in [-0.1, -0.05) is 6.42 Å². The topological polar surface area (TPSA) is 41.6 Å². The van der Waals surface area contributed by atoms with Crippen molar-refractivity contribution >= 4 is 6.09 Å². The maximum Gasteiger partial charge on any atom is 0.410 e. The van der Waals surface area contributed by atoms with Gasteiger partial charge in [0.1, 0.15) is 5.60 Å². The fraction of sp³-hybridized carbons (Fsp3) is 0.923. The van der Waals surface area contributed by atoms with Gasteiger partial charge >= 0.3 is 6.09 Å². The number of fused-ring (bicyclic) bond motifs is 1. The van der Waals surface area contributed by atoms with Gasteiger partial charge in [0.05, 0.1) is 0 Å². The Labute approximate surface area is 104 Å². The summed E-state index contributed by atoms with van der Waals surface area (Å²) in [6.07, 6.45) is 3.61. The highest BCUT2D eigenvalue weighted by molar-refractivity contribution is 5.68. The fourth-order valence-electron chi connectivity index (χ4n) is 2.69. The lowest BCUT2D eigenvalue weighted by Crippen LogP contribution is -2.38. The average Bonchev–Trinajstić information content (AvgIpc) is 2.48. The number of ether oxygens (including phenoxy) is 1. The first kappa shape index (κ1) is 12.7. The molecule has 2 aliphatic rings. The van der Waals surface area contributed by atoms with Gasteiger partial charge in [-0.15, -0.1) is 0 Å². The second kappa shape index (κ2) is 4.84. The second-order valence-electron chi connectivity index (χ2n) is 6.20. The lowest BCUT2D eigenvalue weighted by molar-refractivity contribution is 0.0284. The van der Waals surface area contributed by atoms with Crippen molar-refractivity contribution < 1.29 is 9.53 Å². The highest BCUT2D eigenvalue weighted by Gasteiger charge is 2.37. The molecule has 0 bridgehead atoms. The maximum atomic E-state index is 12.0. The van der Waals surface area contributed by atoms with Gasteiger partial charge in [-0.3, -0.25) is 0 Å². The Morgan fingerprint density at radius 3 is 2.76 bits per heavy atom. The van der Waals surface area contributed by atoms with E-state index in [1.54, 1.807) is 0 Å². The smallest absolute Gasteiger partial charge is 0.410 e. The predicted molar refractivity (Wildman–Crippen MR) is 66.9 cm³/mol. The number of carbonyl (C=O) groups is 1. The van der Waals surface area contributed by atoms with Crippen LogP contribution in [0.25, 0.3) is 0 Å². The normalized spacial score (nSPS) is 29.7. The molecule has 98 valence electrons. The van der Waals surface area contributed by atoms with Crippen LogP contribution >= 0.6 is 0 Å². The maximum absolute atomic E-state index is 12.0. The van der Waals surface area contributed by atoms with Gasteiger partial charge in [0.2, 0.25) is 0 Å². The molecule has 2 heterocycles. The van der Waals surface area contributed by atoms with Crippen LogP contribution in [-0.2, 0) is 4.74 Å². The van der Waals surface area contributed by atoms with Gasteiger partial charge in [0.25, 0.3) is 0 Å². The van der Waals surface area contributed by atoms with Crippen LogP contribution in [0.4, 0.5) is 4.79 Å². The summed E-state index contributed by atoms with van der Waals surface area (Å²) in [7, 11) is 0. The van der Waals surface area contributed by atoms with Crippen molar-refractivity contribution in [3.63, 3.8) is 0 Å². The van der Waals surface area contributed by atoms with Gasteiger partial charge < -0.3 is 15.0 Å². The molecule has 0 aromatic carbocycles. The van der Waals surface area contributed by atoms with Crippen molar-refractivity contribution in [2.24, 2.45) is 5.92 Å². The molecular formula is C13H24N2O2. The lowest BCUT2D eigenvalue weighted by Gasteiger charge is -2.24. The summed E-state index contributed by atoms with van der Waals surface area (Å²) in [5.74, 6) is 0.616. The quantitative estimate of drug-likeness (QED) is 0.704. The number of nitrogens with zero attached hydrogens (tertiary/aromatic N) is 1. The molecule has 2 rings (SSSR count). The highest BCUT2D eigenvalue weighted by Crippen LogP contribution is 2.26. The van der Waals surface area contributed by atoms with E-state index in [2.05, 4.69) is 5.32 Å². The van der Waals surface area contributed by atoms with Crippen molar-refractivity contribution in [1.82, 2.24) is 10.2 Å². The Bertz CT molecular complexity index is 272. The van der Waals surface area contributed by atoms with Gasteiger partial charge in [-0.05, 0) is 46.1 Å². The van der Waals surface area contributed by atoms with Crippen LogP contribution in [0, 0.1) is 5.92 Å². The summed E-state index contributed by atoms with van der Waals surface area (Å²) in [6.45, 7) is 8.49. The van der Waals surface area contributed by atoms with Gasteiger partial charge in [-0.25, -0.2) is 4.79 Å². The average molecular weight is 240 g/mol. The van der Waals surface area contributed by atoms with Crippen molar-refractivity contribution in [2.45, 2.75) is 51.7 Å². The molecule has 4 nitrogen and oxygen atoms in total. The van der Waals surface area contributed by atoms with E-state index >= 15 is 0 Å². The number of likely N-dealkylation sites (tertiary alicyclic amines) is 1. The zero-order chi connectivity index (χ0) is 12.5. The third kappa shape index (κ3) is 3.35. The molecule has 2 aliphatic heterocycles. The molecule has 2 fully saturated rings. The van der Waals surface area contributed by atoms with Gasteiger partial charge in [0.15, 0.2) is 0 Å². The molecule has 1 amide bonds. The molecule has 1 N–H and O–H groups in total. The van der Waals surface area contributed by atoms with Crippen molar-refractivity contribution in [3.8, 4) is 0 Å². The zero-order valence-electron chi connectivity index (χ0n) is 11.2. The van der Waals surface area contributed by atoms with Crippen LogP contribution in [0.5, 0.6) is 0 Å². The monoisotopic (exact) mass is 240 g/mol. The number of amides is 1. The van der Waals surface area contributed by atoms with E-state index in [1.807, 2.05) is 25.7 Å². The minimum Gasteiger partial charge on any atom is -0.444 e. The Hall–Kier alpha value is -0.770. The van der Waals surface area contributed by atoms with Crippen LogP contribution in [-0.4, -0.2) is 42.3 Å². The van der Waals surface area contributed by atoms with Crippen molar-refractivity contribution in [2.75, 3.05) is 19.6 Å². The minimum absolute atomic E-state index is 0.160. The molecule has 0 radical (unpaired) electrons. The predicted octanol–water partition coefficient (Wildman–Crippen LogP) is 2.00. The number of carbonyl (C=O) groups excluding carboxylic acids is 1. The summed E-state index contributed by atoms with van der Waals surface area (Å²) in [5.41, 5.74) is -0.394. The van der Waals surface area contributed by atoms with Crippen LogP contribution in [0.3, 0.4) is 0 Å². The highest BCUT2D eigenvalue weighted by atomic mass is 16.6. The molecule has 0 aromatic heterocycles. The largest absolute Gasteiger partial charge is 0.444 e. The summed E-state index contributed by atoms with van der Waals surface area (Å²) in [4.78, 5) is 13.8. The Kier molecular flexibility index (Phi) is 3.61. The first-order chi connectivity index (χ1) is 7.96. The van der Waals surface area contributed by atoms with E-state index in [1.165, 1.54) is 19.3 Å². The molecule has 0 saturated carbocycles. The number of nitrogens with one attached hydrogen (secondary N) is 1. The summed E-state index contributed by atoms with van der Waals surface area (Å²) < 4.78 is 5.42. The summed E-state index contributed by atoms with van der Waals surface area (Å²) in [5, 5.41) is 3.54. The Morgan fingerprint density at radius 2 is 2.06 bits per heavy atom. The molecule has 2 saturated heterocycles. The van der Waals surface area contributed by atoms with Crippen molar-refractivity contribution in [1.29, 1.82) is 0 Å². The molecule has 0 aromatic rings. The first-order valence-electron chi connectivity index (χ1n) is 6.67. The van der Waals surface area contributed by atoms with E-state index in [9.17, 15) is 4.79 Å². The van der Waals surface area contributed by atoms with Crippen LogP contribution in [0.1, 0.15) is 40.0 Å². The molecule has 17 heavy (non-hydrogen) atoms. The molecule has 4 heteroatoms. The SMILES string of the molecule is CC(C)(C)OC(=O)N1C[C@H]2CCCCN[C@H]2C1. The van der Waals surface area contributed by atoms with Gasteiger partial charge in [-0.2, -0.15) is 0 Å². The standard InChI is InChI=1S/C13H24N2O2/c1-13(2,3)17-12(16)15-8-10-6-4-5-7-14-11(10)9-15/h10-11,14H,4-9H2,1-3H3/t10-,11+/m1/s1. The van der Waals surface area contributed by atoms with E-state index in [0.717, 1.165) is 19.6 Å². The molecular weight excluding hydrogens is 216 g/mol. The Balaban J connectivity index is 1.90. The van der Waals surface area contributed by atoms with Crippen molar-refractivity contribution in [3.05, 3.63) is 0 Å².